The first kappa shape index (κ1) is 32.2. The number of thioether (sulfide) groups is 1. The summed E-state index contributed by atoms with van der Waals surface area (Å²) in [5.41, 5.74) is 7.93. The number of H-pyrrole nitrogens is 1. The molecule has 3 amide bonds. The van der Waals surface area contributed by atoms with Gasteiger partial charge in [0.1, 0.15) is 23.9 Å². The van der Waals surface area contributed by atoms with Gasteiger partial charge in [-0.2, -0.15) is 11.8 Å². The molecule has 0 bridgehead atoms. The number of imidazole rings is 1. The molecule has 1 heterocycles. The number of hydrogen-bond acceptors (Lipinski definition) is 8. The second kappa shape index (κ2) is 16.2. The van der Waals surface area contributed by atoms with Gasteiger partial charge >= 0.3 is 5.97 Å². The van der Waals surface area contributed by atoms with Gasteiger partial charge in [0.15, 0.2) is 0 Å². The summed E-state index contributed by atoms with van der Waals surface area (Å²) in [4.78, 5) is 58.7. The SMILES string of the molecule is CSCCC(N)C(=O)NC(Cc1ccc(O)cc1)C(=O)NC(Cc1cnc[nH]1)C(=O)NC(Cc1ccccc1)C(=O)O. The van der Waals surface area contributed by atoms with Crippen molar-refractivity contribution >= 4 is 35.5 Å². The van der Waals surface area contributed by atoms with Gasteiger partial charge in [0, 0.05) is 31.2 Å². The summed E-state index contributed by atoms with van der Waals surface area (Å²) >= 11 is 1.54. The van der Waals surface area contributed by atoms with Crippen molar-refractivity contribution in [2.24, 2.45) is 5.73 Å². The minimum Gasteiger partial charge on any atom is -0.508 e. The van der Waals surface area contributed by atoms with Crippen molar-refractivity contribution in [1.82, 2.24) is 25.9 Å². The summed E-state index contributed by atoms with van der Waals surface area (Å²) in [6.07, 6.45) is 5.30. The summed E-state index contributed by atoms with van der Waals surface area (Å²) in [6.45, 7) is 0. The van der Waals surface area contributed by atoms with Gasteiger partial charge in [0.2, 0.25) is 17.7 Å². The number of nitrogens with two attached hydrogens (primary N) is 1. The van der Waals surface area contributed by atoms with Crippen molar-refractivity contribution in [1.29, 1.82) is 0 Å². The third-order valence-corrected chi connectivity index (χ3v) is 7.13. The molecule has 3 aromatic rings. The lowest BCUT2D eigenvalue weighted by Crippen LogP contribution is -2.58. The van der Waals surface area contributed by atoms with Crippen LogP contribution in [-0.2, 0) is 38.4 Å². The number of nitrogens with zero attached hydrogens (tertiary/aromatic N) is 1. The number of hydrogen-bond donors (Lipinski definition) is 7. The van der Waals surface area contributed by atoms with Crippen LogP contribution in [0.3, 0.4) is 0 Å². The van der Waals surface area contributed by atoms with E-state index in [0.717, 1.165) is 0 Å². The number of rotatable bonds is 16. The lowest BCUT2D eigenvalue weighted by atomic mass is 10.0. The maximum Gasteiger partial charge on any atom is 0.326 e. The number of carbonyl (C=O) groups excluding carboxylic acids is 3. The van der Waals surface area contributed by atoms with Gasteiger partial charge in [-0.1, -0.05) is 42.5 Å². The quantitative estimate of drug-likeness (QED) is 0.125. The number of carboxylic acid groups (broad SMARTS) is 1. The maximum atomic E-state index is 13.6. The predicted octanol–water partition coefficient (Wildman–Crippen LogP) is 0.763. The van der Waals surface area contributed by atoms with Gasteiger partial charge in [-0.15, -0.1) is 0 Å². The Kier molecular flexibility index (Phi) is 12.4. The second-order valence-electron chi connectivity index (χ2n) is 9.75. The molecule has 224 valence electrons. The molecule has 4 unspecified atom stereocenters. The van der Waals surface area contributed by atoms with E-state index < -0.39 is 47.9 Å². The van der Waals surface area contributed by atoms with Crippen LogP contribution in [-0.4, -0.2) is 80.0 Å². The van der Waals surface area contributed by atoms with Crippen molar-refractivity contribution < 1.29 is 29.4 Å². The molecular weight excluding hydrogens is 560 g/mol. The highest BCUT2D eigenvalue weighted by atomic mass is 32.2. The van der Waals surface area contributed by atoms with Crippen LogP contribution in [0, 0.1) is 0 Å². The van der Waals surface area contributed by atoms with E-state index >= 15 is 0 Å². The number of aromatic amines is 1. The van der Waals surface area contributed by atoms with Gasteiger partial charge in [-0.25, -0.2) is 9.78 Å². The number of phenols is 1. The number of phenolic OH excluding ortho intramolecular Hbond substituents is 1. The van der Waals surface area contributed by atoms with Gasteiger partial charge in [0.25, 0.3) is 0 Å². The maximum absolute atomic E-state index is 13.6. The van der Waals surface area contributed by atoms with Crippen LogP contribution in [0.15, 0.2) is 67.1 Å². The topological polar surface area (TPSA) is 200 Å². The Balaban J connectivity index is 1.81. The first-order chi connectivity index (χ1) is 20.2. The first-order valence-corrected chi connectivity index (χ1v) is 14.7. The molecule has 0 spiro atoms. The molecule has 0 radical (unpaired) electrons. The first-order valence-electron chi connectivity index (χ1n) is 13.3. The van der Waals surface area contributed by atoms with E-state index in [0.29, 0.717) is 29.0 Å². The Morgan fingerprint density at radius 1 is 0.857 bits per heavy atom. The normalized spacial score (nSPS) is 13.8. The smallest absolute Gasteiger partial charge is 0.326 e. The molecule has 0 aliphatic carbocycles. The molecule has 0 saturated carbocycles. The zero-order chi connectivity index (χ0) is 30.5. The van der Waals surface area contributed by atoms with Crippen LogP contribution in [0.1, 0.15) is 23.2 Å². The van der Waals surface area contributed by atoms with Crippen molar-refractivity contribution in [2.45, 2.75) is 49.9 Å². The summed E-state index contributed by atoms with van der Waals surface area (Å²) < 4.78 is 0. The Hall–Kier alpha value is -4.36. The molecule has 3 rings (SSSR count). The average molecular weight is 597 g/mol. The lowest BCUT2D eigenvalue weighted by Gasteiger charge is -2.25. The predicted molar refractivity (Wildman–Crippen MR) is 159 cm³/mol. The molecule has 42 heavy (non-hydrogen) atoms. The number of aromatic hydroxyl groups is 1. The highest BCUT2D eigenvalue weighted by Gasteiger charge is 2.31. The number of benzene rings is 2. The highest BCUT2D eigenvalue weighted by Crippen LogP contribution is 2.13. The Morgan fingerprint density at radius 3 is 2.02 bits per heavy atom. The van der Waals surface area contributed by atoms with Crippen molar-refractivity contribution in [3.8, 4) is 5.75 Å². The number of aromatic nitrogens is 2. The fourth-order valence-corrected chi connectivity index (χ4v) is 4.64. The number of nitrogens with one attached hydrogen (secondary N) is 4. The third kappa shape index (κ3) is 10.2. The van der Waals surface area contributed by atoms with E-state index in [1.165, 1.54) is 36.4 Å². The van der Waals surface area contributed by atoms with Crippen LogP contribution >= 0.6 is 11.8 Å². The zero-order valence-electron chi connectivity index (χ0n) is 23.2. The number of aliphatic carboxylic acids is 1. The van der Waals surface area contributed by atoms with Gasteiger partial charge in [-0.3, -0.25) is 14.4 Å². The fraction of sp³-hybridized carbons (Fsp3) is 0.345. The molecule has 0 aliphatic rings. The highest BCUT2D eigenvalue weighted by molar-refractivity contribution is 7.98. The van der Waals surface area contributed by atoms with Gasteiger partial charge in [-0.05, 0) is 41.7 Å². The molecule has 0 aliphatic heterocycles. The van der Waals surface area contributed by atoms with E-state index in [1.807, 2.05) is 6.26 Å². The Bertz CT molecular complexity index is 1310. The molecule has 12 nitrogen and oxygen atoms in total. The van der Waals surface area contributed by atoms with Crippen LogP contribution < -0.4 is 21.7 Å². The standard InChI is InChI=1S/C29H36N6O6S/c1-42-12-11-22(30)26(37)33-23(13-19-7-9-21(36)10-8-19)27(38)34-24(15-20-16-31-17-32-20)28(39)35-25(29(40)41)14-18-5-3-2-4-6-18/h2-10,16-17,22-25,36H,11-15,30H2,1H3,(H,31,32)(H,33,37)(H,34,38)(H,35,39)(H,40,41). The van der Waals surface area contributed by atoms with E-state index in [4.69, 9.17) is 5.73 Å². The minimum absolute atomic E-state index is 0.0115. The number of amides is 3. The Morgan fingerprint density at radius 2 is 1.43 bits per heavy atom. The third-order valence-electron chi connectivity index (χ3n) is 6.49. The second-order valence-corrected chi connectivity index (χ2v) is 10.7. The Labute approximate surface area is 247 Å². The van der Waals surface area contributed by atoms with Crippen LogP contribution in [0.5, 0.6) is 5.75 Å². The molecule has 8 N–H and O–H groups in total. The fourth-order valence-electron chi connectivity index (χ4n) is 4.15. The molecule has 2 aromatic carbocycles. The van der Waals surface area contributed by atoms with Crippen LogP contribution in [0.25, 0.3) is 0 Å². The van der Waals surface area contributed by atoms with E-state index in [-0.39, 0.29) is 25.0 Å². The van der Waals surface area contributed by atoms with E-state index in [1.54, 1.807) is 42.5 Å². The number of carboxylic acids is 1. The largest absolute Gasteiger partial charge is 0.508 e. The molecule has 4 atom stereocenters. The van der Waals surface area contributed by atoms with Crippen LogP contribution in [0.4, 0.5) is 0 Å². The van der Waals surface area contributed by atoms with Crippen molar-refractivity contribution in [3.63, 3.8) is 0 Å². The minimum atomic E-state index is -1.25. The van der Waals surface area contributed by atoms with Gasteiger partial charge in [0.05, 0.1) is 12.4 Å². The van der Waals surface area contributed by atoms with Crippen molar-refractivity contribution in [3.05, 3.63) is 83.9 Å². The monoisotopic (exact) mass is 596 g/mol. The van der Waals surface area contributed by atoms with E-state index in [9.17, 15) is 29.4 Å². The summed E-state index contributed by atoms with van der Waals surface area (Å²) in [6, 6.07) is 10.6. The average Bonchev–Trinajstić information content (AvgIpc) is 3.49. The summed E-state index contributed by atoms with van der Waals surface area (Å²) in [5, 5.41) is 27.3. The molecule has 1 aromatic heterocycles. The molecule has 0 fully saturated rings. The zero-order valence-corrected chi connectivity index (χ0v) is 24.0. The molecule has 13 heteroatoms. The summed E-state index contributed by atoms with van der Waals surface area (Å²) in [5.74, 6) is -2.43. The summed E-state index contributed by atoms with van der Waals surface area (Å²) in [7, 11) is 0. The molecule has 0 saturated heterocycles. The lowest BCUT2D eigenvalue weighted by molar-refractivity contribution is -0.142. The molecular formula is C29H36N6O6S. The van der Waals surface area contributed by atoms with Gasteiger partial charge < -0.3 is 36.9 Å². The van der Waals surface area contributed by atoms with Crippen LogP contribution in [0.2, 0.25) is 0 Å². The van der Waals surface area contributed by atoms with E-state index in [2.05, 4.69) is 25.9 Å². The van der Waals surface area contributed by atoms with Crippen molar-refractivity contribution in [2.75, 3.05) is 12.0 Å². The number of carbonyl (C=O) groups is 4.